The second-order valence-corrected chi connectivity index (χ2v) is 5.14. The number of ether oxygens (including phenoxy) is 1. The normalized spacial score (nSPS) is 17.5. The van der Waals surface area contributed by atoms with Gasteiger partial charge < -0.3 is 20.5 Å². The second-order valence-electron chi connectivity index (χ2n) is 5.14. The van der Waals surface area contributed by atoms with Crippen molar-refractivity contribution >= 4 is 23.1 Å². The predicted octanol–water partition coefficient (Wildman–Crippen LogP) is 1.44. The van der Waals surface area contributed by atoms with E-state index in [1.807, 2.05) is 23.7 Å². The van der Waals surface area contributed by atoms with Gasteiger partial charge in [-0.1, -0.05) is 12.1 Å². The van der Waals surface area contributed by atoms with E-state index in [1.54, 1.807) is 7.11 Å². The number of aryl methyl sites for hydroxylation is 2. The Morgan fingerprint density at radius 1 is 1.57 bits per heavy atom. The molecule has 0 radical (unpaired) electrons. The fourth-order valence-corrected chi connectivity index (χ4v) is 3.25. The van der Waals surface area contributed by atoms with E-state index >= 15 is 0 Å². The van der Waals surface area contributed by atoms with Gasteiger partial charge in [-0.15, -0.1) is 0 Å². The zero-order valence-corrected chi connectivity index (χ0v) is 12.1. The first-order chi connectivity index (χ1) is 10.2. The summed E-state index contributed by atoms with van der Waals surface area (Å²) in [6, 6.07) is 6.10. The average molecular weight is 286 g/mol. The lowest BCUT2D eigenvalue weighted by Gasteiger charge is -2.22. The van der Waals surface area contributed by atoms with Crippen molar-refractivity contribution < 1.29 is 9.53 Å². The molecule has 1 aliphatic rings. The van der Waals surface area contributed by atoms with Gasteiger partial charge in [-0.3, -0.25) is 4.79 Å². The van der Waals surface area contributed by atoms with E-state index < -0.39 is 0 Å². The van der Waals surface area contributed by atoms with Gasteiger partial charge in [0, 0.05) is 25.1 Å². The van der Waals surface area contributed by atoms with Crippen LogP contribution in [0.4, 0.5) is 0 Å². The summed E-state index contributed by atoms with van der Waals surface area (Å²) in [4.78, 5) is 12.4. The topological polar surface area (TPSA) is 81.6 Å². The smallest absolute Gasteiger partial charge is 0.273 e. The van der Waals surface area contributed by atoms with Crippen LogP contribution in [0, 0.1) is 0 Å². The zero-order valence-electron chi connectivity index (χ0n) is 12.1. The van der Waals surface area contributed by atoms with Crippen LogP contribution in [0.1, 0.15) is 34.1 Å². The number of rotatable bonds is 3. The molecule has 1 heterocycles. The Bertz CT molecular complexity index is 733. The standard InChI is InChI=1S/C15H18N4O2/c1-19-11-5-3-4-9-12(21-2)7-6-10(13(9)11)14(19)15(20)17-8-18-16/h3-5,8,12H,6-7,16H2,1-2H3,(H,17,18,20). The summed E-state index contributed by atoms with van der Waals surface area (Å²) in [5, 5.41) is 7.03. The van der Waals surface area contributed by atoms with Crippen LogP contribution in [0.25, 0.3) is 10.9 Å². The van der Waals surface area contributed by atoms with Crippen molar-refractivity contribution in [2.75, 3.05) is 7.11 Å². The minimum absolute atomic E-state index is 0.0881. The molecule has 1 amide bonds. The van der Waals surface area contributed by atoms with E-state index in [1.165, 1.54) is 6.34 Å². The van der Waals surface area contributed by atoms with Crippen molar-refractivity contribution in [2.24, 2.45) is 18.0 Å². The van der Waals surface area contributed by atoms with E-state index in [9.17, 15) is 4.79 Å². The van der Waals surface area contributed by atoms with Gasteiger partial charge in [0.2, 0.25) is 0 Å². The van der Waals surface area contributed by atoms with E-state index in [0.29, 0.717) is 5.69 Å². The molecule has 6 heteroatoms. The maximum Gasteiger partial charge on any atom is 0.273 e. The molecule has 0 fully saturated rings. The van der Waals surface area contributed by atoms with Crippen LogP contribution in [-0.2, 0) is 18.2 Å². The first kappa shape index (κ1) is 13.6. The summed E-state index contributed by atoms with van der Waals surface area (Å²) in [6.45, 7) is 0. The lowest BCUT2D eigenvalue weighted by Crippen LogP contribution is -2.26. The molecule has 1 unspecified atom stereocenters. The lowest BCUT2D eigenvalue weighted by atomic mass is 9.89. The molecule has 110 valence electrons. The van der Waals surface area contributed by atoms with Crippen LogP contribution >= 0.6 is 0 Å². The average Bonchev–Trinajstić information content (AvgIpc) is 2.80. The van der Waals surface area contributed by atoms with Crippen molar-refractivity contribution in [3.05, 3.63) is 35.0 Å². The van der Waals surface area contributed by atoms with Crippen LogP contribution in [0.15, 0.2) is 23.3 Å². The summed E-state index contributed by atoms with van der Waals surface area (Å²) in [7, 11) is 3.63. The molecule has 1 aromatic carbocycles. The van der Waals surface area contributed by atoms with Gasteiger partial charge in [0.05, 0.1) is 6.10 Å². The van der Waals surface area contributed by atoms with Crippen LogP contribution in [-0.4, -0.2) is 23.9 Å². The van der Waals surface area contributed by atoms with Gasteiger partial charge >= 0.3 is 0 Å². The van der Waals surface area contributed by atoms with Crippen molar-refractivity contribution in [2.45, 2.75) is 18.9 Å². The molecule has 0 aliphatic heterocycles. The van der Waals surface area contributed by atoms with Gasteiger partial charge in [-0.25, -0.2) is 0 Å². The molecular weight excluding hydrogens is 268 g/mol. The summed E-state index contributed by atoms with van der Waals surface area (Å²) in [5.74, 6) is 4.85. The first-order valence-electron chi connectivity index (χ1n) is 6.84. The van der Waals surface area contributed by atoms with Gasteiger partial charge in [0.1, 0.15) is 12.0 Å². The number of carbonyl (C=O) groups is 1. The van der Waals surface area contributed by atoms with Gasteiger partial charge in [0.15, 0.2) is 0 Å². The maximum atomic E-state index is 12.4. The number of hydrazone groups is 1. The number of carbonyl (C=O) groups excluding carboxylic acids is 1. The highest BCUT2D eigenvalue weighted by Gasteiger charge is 2.28. The number of amides is 1. The lowest BCUT2D eigenvalue weighted by molar-refractivity contribution is 0.0936. The summed E-state index contributed by atoms with van der Waals surface area (Å²) >= 11 is 0. The third-order valence-corrected chi connectivity index (χ3v) is 4.13. The SMILES string of the molecule is COC1CCc2c(C(=O)NC=NN)n(C)c3cccc1c23. The van der Waals surface area contributed by atoms with E-state index in [4.69, 9.17) is 10.6 Å². The largest absolute Gasteiger partial charge is 0.377 e. The van der Waals surface area contributed by atoms with Crippen LogP contribution in [0.5, 0.6) is 0 Å². The second kappa shape index (κ2) is 5.21. The molecule has 0 saturated heterocycles. The third kappa shape index (κ3) is 1.99. The van der Waals surface area contributed by atoms with Crippen molar-refractivity contribution in [1.82, 2.24) is 9.88 Å². The zero-order chi connectivity index (χ0) is 15.0. The van der Waals surface area contributed by atoms with Crippen LogP contribution < -0.4 is 11.2 Å². The quantitative estimate of drug-likeness (QED) is 0.388. The highest BCUT2D eigenvalue weighted by molar-refractivity contribution is 6.06. The number of aromatic nitrogens is 1. The van der Waals surface area contributed by atoms with Crippen molar-refractivity contribution in [3.63, 3.8) is 0 Å². The minimum Gasteiger partial charge on any atom is -0.377 e. The van der Waals surface area contributed by atoms with E-state index in [0.717, 1.165) is 34.9 Å². The predicted molar refractivity (Wildman–Crippen MR) is 81.1 cm³/mol. The van der Waals surface area contributed by atoms with Crippen molar-refractivity contribution in [3.8, 4) is 0 Å². The molecule has 0 saturated carbocycles. The first-order valence-corrected chi connectivity index (χ1v) is 6.84. The molecular formula is C15H18N4O2. The van der Waals surface area contributed by atoms with Gasteiger partial charge in [-0.05, 0) is 30.0 Å². The fourth-order valence-electron chi connectivity index (χ4n) is 3.25. The molecule has 3 rings (SSSR count). The molecule has 1 atom stereocenters. The fraction of sp³-hybridized carbons (Fsp3) is 0.333. The number of nitrogens with one attached hydrogen (secondary N) is 1. The molecule has 3 N–H and O–H groups in total. The molecule has 0 spiro atoms. The number of nitrogens with zero attached hydrogens (tertiary/aromatic N) is 2. The Balaban J connectivity index is 2.22. The number of hydrogen-bond acceptors (Lipinski definition) is 4. The monoisotopic (exact) mass is 286 g/mol. The Labute approximate surface area is 122 Å². The highest BCUT2D eigenvalue weighted by Crippen LogP contribution is 2.39. The Hall–Kier alpha value is -2.34. The van der Waals surface area contributed by atoms with E-state index in [-0.39, 0.29) is 12.0 Å². The molecule has 2 aromatic rings. The third-order valence-electron chi connectivity index (χ3n) is 4.13. The summed E-state index contributed by atoms with van der Waals surface area (Å²) < 4.78 is 7.49. The van der Waals surface area contributed by atoms with E-state index in [2.05, 4.69) is 16.5 Å². The molecule has 21 heavy (non-hydrogen) atoms. The number of benzene rings is 1. The molecule has 6 nitrogen and oxygen atoms in total. The highest BCUT2D eigenvalue weighted by atomic mass is 16.5. The number of methoxy groups -OCH3 is 1. The van der Waals surface area contributed by atoms with Gasteiger partial charge in [0.25, 0.3) is 5.91 Å². The maximum absolute atomic E-state index is 12.4. The van der Waals surface area contributed by atoms with Crippen molar-refractivity contribution in [1.29, 1.82) is 0 Å². The summed E-state index contributed by atoms with van der Waals surface area (Å²) in [5.41, 5.74) is 3.92. The van der Waals surface area contributed by atoms with Crippen LogP contribution in [0.2, 0.25) is 0 Å². The molecule has 0 bridgehead atoms. The molecule has 1 aromatic heterocycles. The number of nitrogens with two attached hydrogens (primary N) is 1. The Morgan fingerprint density at radius 3 is 3.10 bits per heavy atom. The van der Waals surface area contributed by atoms with Crippen LogP contribution in [0.3, 0.4) is 0 Å². The summed E-state index contributed by atoms with van der Waals surface area (Å²) in [6.07, 6.45) is 2.98. The number of hydrogen-bond donors (Lipinski definition) is 2. The Kier molecular flexibility index (Phi) is 3.39. The van der Waals surface area contributed by atoms with Gasteiger partial charge in [-0.2, -0.15) is 5.10 Å². The Morgan fingerprint density at radius 2 is 2.38 bits per heavy atom. The molecule has 1 aliphatic carbocycles. The minimum atomic E-state index is -0.195.